The normalized spacial score (nSPS) is 17.1. The van der Waals surface area contributed by atoms with Crippen molar-refractivity contribution < 1.29 is 4.79 Å². The molecule has 1 amide bonds. The highest BCUT2D eigenvalue weighted by Gasteiger charge is 2.23. The van der Waals surface area contributed by atoms with E-state index in [-0.39, 0.29) is 5.91 Å². The highest BCUT2D eigenvalue weighted by molar-refractivity contribution is 5.87. The van der Waals surface area contributed by atoms with Gasteiger partial charge in [-0.15, -0.1) is 0 Å². The predicted octanol–water partition coefficient (Wildman–Crippen LogP) is 3.31. The van der Waals surface area contributed by atoms with E-state index in [0.29, 0.717) is 11.8 Å². The van der Waals surface area contributed by atoms with Gasteiger partial charge in [0.25, 0.3) is 0 Å². The summed E-state index contributed by atoms with van der Waals surface area (Å²) in [6.07, 6.45) is 7.61. The number of hydrogen-bond acceptors (Lipinski definition) is 2. The van der Waals surface area contributed by atoms with E-state index in [1.807, 2.05) is 23.2 Å². The summed E-state index contributed by atoms with van der Waals surface area (Å²) in [4.78, 5) is 18.4. The number of aromatic nitrogens is 1. The molecule has 108 valence electrons. The second-order valence-electron chi connectivity index (χ2n) is 5.88. The predicted molar refractivity (Wildman–Crippen MR) is 81.5 cm³/mol. The maximum absolute atomic E-state index is 12.0. The minimum atomic E-state index is 0.153. The molecule has 2 heterocycles. The molecule has 1 fully saturated rings. The number of hydrogen-bond donors (Lipinski definition) is 0. The van der Waals surface area contributed by atoms with Crippen LogP contribution in [0, 0.1) is 12.8 Å². The number of aryl methyl sites for hydroxylation is 1. The van der Waals surface area contributed by atoms with E-state index in [1.165, 1.54) is 5.56 Å². The molecule has 1 aliphatic rings. The largest absolute Gasteiger partial charge is 0.339 e. The number of allylic oxidation sites excluding steroid dienone is 1. The summed E-state index contributed by atoms with van der Waals surface area (Å²) in [7, 11) is 0. The van der Waals surface area contributed by atoms with Gasteiger partial charge in [0.15, 0.2) is 0 Å². The van der Waals surface area contributed by atoms with Crippen LogP contribution in [0.1, 0.15) is 43.9 Å². The SMILES string of the molecule is Cc1ncccc1C1CCN(C(=O)C=CC(C)C)CC1. The van der Waals surface area contributed by atoms with Gasteiger partial charge >= 0.3 is 0 Å². The van der Waals surface area contributed by atoms with Gasteiger partial charge in [0.05, 0.1) is 0 Å². The van der Waals surface area contributed by atoms with Crippen LogP contribution in [0.25, 0.3) is 0 Å². The molecule has 1 aromatic rings. The van der Waals surface area contributed by atoms with Crippen molar-refractivity contribution in [1.29, 1.82) is 0 Å². The van der Waals surface area contributed by atoms with Crippen molar-refractivity contribution in [1.82, 2.24) is 9.88 Å². The van der Waals surface area contributed by atoms with Gasteiger partial charge in [-0.3, -0.25) is 9.78 Å². The first-order chi connectivity index (χ1) is 9.58. The third-order valence-electron chi connectivity index (χ3n) is 3.92. The second kappa shape index (κ2) is 6.69. The number of rotatable bonds is 3. The number of likely N-dealkylation sites (tertiary alicyclic amines) is 1. The lowest BCUT2D eigenvalue weighted by molar-refractivity contribution is -0.127. The fraction of sp³-hybridized carbons (Fsp3) is 0.529. The van der Waals surface area contributed by atoms with Gasteiger partial charge < -0.3 is 4.90 Å². The topological polar surface area (TPSA) is 33.2 Å². The van der Waals surface area contributed by atoms with Crippen molar-refractivity contribution in [3.05, 3.63) is 41.7 Å². The first kappa shape index (κ1) is 14.8. The molecule has 20 heavy (non-hydrogen) atoms. The van der Waals surface area contributed by atoms with E-state index >= 15 is 0 Å². The highest BCUT2D eigenvalue weighted by atomic mass is 16.2. The summed E-state index contributed by atoms with van der Waals surface area (Å²) < 4.78 is 0. The maximum Gasteiger partial charge on any atom is 0.246 e. The Morgan fingerprint density at radius 1 is 1.40 bits per heavy atom. The van der Waals surface area contributed by atoms with Gasteiger partial charge in [0, 0.05) is 25.0 Å². The molecule has 3 nitrogen and oxygen atoms in total. The Labute approximate surface area is 121 Å². The van der Waals surface area contributed by atoms with Crippen molar-refractivity contribution in [3.8, 4) is 0 Å². The standard InChI is InChI=1S/C17H24N2O/c1-13(2)6-7-17(20)19-11-8-15(9-12-19)16-5-4-10-18-14(16)3/h4-7,10,13,15H,8-9,11-12H2,1-3H3. The van der Waals surface area contributed by atoms with E-state index in [0.717, 1.165) is 31.6 Å². The average molecular weight is 272 g/mol. The number of piperidine rings is 1. The Morgan fingerprint density at radius 3 is 2.70 bits per heavy atom. The monoisotopic (exact) mass is 272 g/mol. The molecule has 1 aromatic heterocycles. The van der Waals surface area contributed by atoms with Crippen LogP contribution in [0.5, 0.6) is 0 Å². The van der Waals surface area contributed by atoms with Crippen LogP contribution in [0.4, 0.5) is 0 Å². The highest BCUT2D eigenvalue weighted by Crippen LogP contribution is 2.29. The lowest BCUT2D eigenvalue weighted by Crippen LogP contribution is -2.37. The van der Waals surface area contributed by atoms with Crippen molar-refractivity contribution in [2.75, 3.05) is 13.1 Å². The molecule has 1 saturated heterocycles. The molecule has 1 aliphatic heterocycles. The van der Waals surface area contributed by atoms with E-state index < -0.39 is 0 Å². The third-order valence-corrected chi connectivity index (χ3v) is 3.92. The Morgan fingerprint density at radius 2 is 2.10 bits per heavy atom. The molecule has 0 spiro atoms. The van der Waals surface area contributed by atoms with E-state index in [4.69, 9.17) is 0 Å². The molecule has 0 unspecified atom stereocenters. The molecule has 0 atom stereocenters. The third kappa shape index (κ3) is 3.69. The summed E-state index contributed by atoms with van der Waals surface area (Å²) in [6.45, 7) is 7.93. The van der Waals surface area contributed by atoms with Gasteiger partial charge in [0.2, 0.25) is 5.91 Å². The summed E-state index contributed by atoms with van der Waals surface area (Å²) in [6, 6.07) is 4.17. The van der Waals surface area contributed by atoms with Crippen LogP contribution >= 0.6 is 0 Å². The van der Waals surface area contributed by atoms with E-state index in [2.05, 4.69) is 31.8 Å². The Hall–Kier alpha value is -1.64. The minimum absolute atomic E-state index is 0.153. The fourth-order valence-corrected chi connectivity index (χ4v) is 2.72. The molecule has 0 saturated carbocycles. The lowest BCUT2D eigenvalue weighted by atomic mass is 9.88. The maximum atomic E-state index is 12.0. The summed E-state index contributed by atoms with van der Waals surface area (Å²) in [5.41, 5.74) is 2.47. The molecular formula is C17H24N2O. The number of nitrogens with zero attached hydrogens (tertiary/aromatic N) is 2. The summed E-state index contributed by atoms with van der Waals surface area (Å²) >= 11 is 0. The molecule has 2 rings (SSSR count). The Kier molecular flexibility index (Phi) is 4.94. The fourth-order valence-electron chi connectivity index (χ4n) is 2.72. The number of carbonyl (C=O) groups excluding carboxylic acids is 1. The van der Waals surface area contributed by atoms with Crippen molar-refractivity contribution in [2.24, 2.45) is 5.92 Å². The average Bonchev–Trinajstić information content (AvgIpc) is 2.45. The van der Waals surface area contributed by atoms with E-state index in [9.17, 15) is 4.79 Å². The minimum Gasteiger partial charge on any atom is -0.339 e. The van der Waals surface area contributed by atoms with Crippen molar-refractivity contribution >= 4 is 5.91 Å². The van der Waals surface area contributed by atoms with Crippen molar-refractivity contribution in [2.45, 2.75) is 39.5 Å². The van der Waals surface area contributed by atoms with Gasteiger partial charge in [-0.05, 0) is 49.3 Å². The Bertz CT molecular complexity index is 486. The Balaban J connectivity index is 1.93. The first-order valence-electron chi connectivity index (χ1n) is 7.46. The summed E-state index contributed by atoms with van der Waals surface area (Å²) in [5, 5.41) is 0. The molecule has 0 aromatic carbocycles. The molecule has 0 bridgehead atoms. The molecule has 3 heteroatoms. The molecular weight excluding hydrogens is 248 g/mol. The lowest BCUT2D eigenvalue weighted by Gasteiger charge is -2.32. The van der Waals surface area contributed by atoms with Crippen LogP contribution in [-0.4, -0.2) is 28.9 Å². The summed E-state index contributed by atoms with van der Waals surface area (Å²) in [5.74, 6) is 1.12. The second-order valence-corrected chi connectivity index (χ2v) is 5.88. The first-order valence-corrected chi connectivity index (χ1v) is 7.46. The molecule has 0 aliphatic carbocycles. The van der Waals surface area contributed by atoms with Gasteiger partial charge in [-0.25, -0.2) is 0 Å². The van der Waals surface area contributed by atoms with Crippen LogP contribution in [0.15, 0.2) is 30.5 Å². The van der Waals surface area contributed by atoms with Crippen molar-refractivity contribution in [3.63, 3.8) is 0 Å². The molecule has 0 N–H and O–H groups in total. The quantitative estimate of drug-likeness (QED) is 0.791. The van der Waals surface area contributed by atoms with E-state index in [1.54, 1.807) is 6.08 Å². The number of carbonyl (C=O) groups is 1. The number of amides is 1. The van der Waals surface area contributed by atoms with Crippen LogP contribution < -0.4 is 0 Å². The van der Waals surface area contributed by atoms with Gasteiger partial charge in [-0.2, -0.15) is 0 Å². The van der Waals surface area contributed by atoms with Crippen LogP contribution in [0.2, 0.25) is 0 Å². The zero-order valence-electron chi connectivity index (χ0n) is 12.7. The van der Waals surface area contributed by atoms with Crippen LogP contribution in [-0.2, 0) is 4.79 Å². The smallest absolute Gasteiger partial charge is 0.246 e. The number of pyridine rings is 1. The van der Waals surface area contributed by atoms with Gasteiger partial charge in [-0.1, -0.05) is 26.0 Å². The van der Waals surface area contributed by atoms with Gasteiger partial charge in [0.1, 0.15) is 0 Å². The molecule has 0 radical (unpaired) electrons. The zero-order valence-corrected chi connectivity index (χ0v) is 12.7. The zero-order chi connectivity index (χ0) is 14.5. The van der Waals surface area contributed by atoms with Crippen LogP contribution in [0.3, 0.4) is 0 Å².